The van der Waals surface area contributed by atoms with Crippen LogP contribution in [0.1, 0.15) is 28.6 Å². The minimum Gasteiger partial charge on any atom is -0.395 e. The Bertz CT molecular complexity index is 159. The molecule has 9 heavy (non-hydrogen) atoms. The van der Waals surface area contributed by atoms with Crippen molar-refractivity contribution in [2.45, 2.75) is 27.2 Å². The lowest BCUT2D eigenvalue weighted by molar-refractivity contribution is 0.173. The Labute approximate surface area is 57.3 Å². The molecular formula is C7H13NO. The SMILES string of the molecule is [2H]C1CC(C(C)(C)C)=NO1. The summed E-state index contributed by atoms with van der Waals surface area (Å²) in [5, 5.41) is 3.82. The van der Waals surface area contributed by atoms with Crippen molar-refractivity contribution >= 4 is 5.71 Å². The van der Waals surface area contributed by atoms with Crippen LogP contribution in [0.4, 0.5) is 0 Å². The lowest BCUT2D eigenvalue weighted by Crippen LogP contribution is -2.17. The first-order valence-electron chi connectivity index (χ1n) is 3.73. The van der Waals surface area contributed by atoms with Gasteiger partial charge in [0.05, 0.1) is 7.08 Å². The van der Waals surface area contributed by atoms with Gasteiger partial charge in [0.2, 0.25) is 0 Å². The largest absolute Gasteiger partial charge is 0.395 e. The molecule has 1 unspecified atom stereocenters. The van der Waals surface area contributed by atoms with Crippen LogP contribution < -0.4 is 0 Å². The van der Waals surface area contributed by atoms with Crippen LogP contribution in [-0.4, -0.2) is 12.3 Å². The summed E-state index contributed by atoms with van der Waals surface area (Å²) in [5.74, 6) is 0. The van der Waals surface area contributed by atoms with Gasteiger partial charge in [0.25, 0.3) is 0 Å². The summed E-state index contributed by atoms with van der Waals surface area (Å²) in [6, 6.07) is 0. The van der Waals surface area contributed by atoms with Crippen LogP contribution in [0.25, 0.3) is 0 Å². The predicted octanol–water partition coefficient (Wildman–Crippen LogP) is 1.81. The molecule has 2 heteroatoms. The molecule has 0 spiro atoms. The third kappa shape index (κ3) is 1.44. The van der Waals surface area contributed by atoms with Crippen LogP contribution >= 0.6 is 0 Å². The minimum absolute atomic E-state index is 0.0653. The van der Waals surface area contributed by atoms with Crippen molar-refractivity contribution in [3.8, 4) is 0 Å². The first-order chi connectivity index (χ1) is 4.50. The zero-order valence-electron chi connectivity index (χ0n) is 7.14. The maximum atomic E-state index is 7.21. The number of oxime groups is 1. The van der Waals surface area contributed by atoms with Crippen LogP contribution in [0.3, 0.4) is 0 Å². The van der Waals surface area contributed by atoms with Crippen LogP contribution in [0, 0.1) is 5.41 Å². The molecule has 0 saturated heterocycles. The van der Waals surface area contributed by atoms with Crippen LogP contribution in [0.2, 0.25) is 0 Å². The molecule has 0 aromatic heterocycles. The van der Waals surface area contributed by atoms with Crippen molar-refractivity contribution in [3.05, 3.63) is 0 Å². The molecule has 0 aliphatic carbocycles. The molecule has 1 atom stereocenters. The van der Waals surface area contributed by atoms with E-state index in [1.54, 1.807) is 0 Å². The topological polar surface area (TPSA) is 21.6 Å². The van der Waals surface area contributed by atoms with Crippen molar-refractivity contribution in [1.29, 1.82) is 0 Å². The molecule has 0 saturated carbocycles. The third-order valence-corrected chi connectivity index (χ3v) is 1.38. The van der Waals surface area contributed by atoms with Gasteiger partial charge in [0.15, 0.2) is 0 Å². The van der Waals surface area contributed by atoms with Gasteiger partial charge in [0, 0.05) is 11.8 Å². The lowest BCUT2D eigenvalue weighted by atomic mass is 9.89. The molecule has 0 fully saturated rings. The Morgan fingerprint density at radius 3 is 2.56 bits per heavy atom. The molecule has 0 aromatic rings. The Morgan fingerprint density at radius 1 is 1.67 bits per heavy atom. The monoisotopic (exact) mass is 128 g/mol. The summed E-state index contributed by atoms with van der Waals surface area (Å²) < 4.78 is 7.21. The second-order valence-corrected chi connectivity index (χ2v) is 3.26. The maximum absolute atomic E-state index is 7.21. The van der Waals surface area contributed by atoms with Gasteiger partial charge in [-0.1, -0.05) is 25.9 Å². The van der Waals surface area contributed by atoms with E-state index in [-0.39, 0.29) is 5.41 Å². The van der Waals surface area contributed by atoms with E-state index >= 15 is 0 Å². The predicted molar refractivity (Wildman–Crippen MR) is 37.5 cm³/mol. The smallest absolute Gasteiger partial charge is 0.122 e. The summed E-state index contributed by atoms with van der Waals surface area (Å²) in [6.45, 7) is 5.77. The van der Waals surface area contributed by atoms with Gasteiger partial charge in [-0.05, 0) is 0 Å². The number of nitrogens with zero attached hydrogens (tertiary/aromatic N) is 1. The zero-order valence-corrected chi connectivity index (χ0v) is 6.14. The van der Waals surface area contributed by atoms with Gasteiger partial charge >= 0.3 is 0 Å². The van der Waals surface area contributed by atoms with Crippen molar-refractivity contribution < 1.29 is 6.21 Å². The molecule has 1 rings (SSSR count). The lowest BCUT2D eigenvalue weighted by Gasteiger charge is -2.15. The molecule has 0 radical (unpaired) electrons. The standard InChI is InChI=1S/C7H13NO/c1-7(2,3)6-4-5-9-8-6/h4-5H2,1-3H3/i5D. The molecule has 1 aliphatic heterocycles. The fourth-order valence-corrected chi connectivity index (χ4v) is 0.697. The normalized spacial score (nSPS) is 29.0. The molecule has 0 N–H and O–H groups in total. The molecule has 0 aromatic carbocycles. The summed E-state index contributed by atoms with van der Waals surface area (Å²) in [7, 11) is 0. The number of hydrogen-bond donors (Lipinski definition) is 0. The summed E-state index contributed by atoms with van der Waals surface area (Å²) in [6.07, 6.45) is 0.656. The van der Waals surface area contributed by atoms with E-state index in [1.807, 2.05) is 0 Å². The molecule has 1 aliphatic rings. The molecule has 2 nitrogen and oxygen atoms in total. The van der Waals surface area contributed by atoms with Crippen molar-refractivity contribution in [2.75, 3.05) is 6.58 Å². The van der Waals surface area contributed by atoms with Gasteiger partial charge in [-0.25, -0.2) is 0 Å². The van der Waals surface area contributed by atoms with Crippen LogP contribution in [0.5, 0.6) is 0 Å². The second-order valence-electron chi connectivity index (χ2n) is 3.26. The third-order valence-electron chi connectivity index (χ3n) is 1.38. The Morgan fingerprint density at radius 2 is 2.33 bits per heavy atom. The average Bonchev–Trinajstić information content (AvgIpc) is 2.11. The van der Waals surface area contributed by atoms with E-state index < -0.39 is 6.58 Å². The minimum atomic E-state index is -0.464. The molecule has 0 amide bonds. The molecular weight excluding hydrogens is 114 g/mol. The van der Waals surface area contributed by atoms with E-state index in [2.05, 4.69) is 25.9 Å². The van der Waals surface area contributed by atoms with E-state index in [4.69, 9.17) is 6.21 Å². The van der Waals surface area contributed by atoms with Crippen molar-refractivity contribution in [2.24, 2.45) is 10.6 Å². The summed E-state index contributed by atoms with van der Waals surface area (Å²) in [5.41, 5.74) is 1.06. The second kappa shape index (κ2) is 2.01. The Balaban J connectivity index is 2.60. The van der Waals surface area contributed by atoms with Crippen LogP contribution in [-0.2, 0) is 4.84 Å². The summed E-state index contributed by atoms with van der Waals surface area (Å²) >= 11 is 0. The van der Waals surface area contributed by atoms with E-state index in [1.165, 1.54) is 0 Å². The van der Waals surface area contributed by atoms with Gasteiger partial charge < -0.3 is 4.84 Å². The number of hydrogen-bond acceptors (Lipinski definition) is 2. The average molecular weight is 128 g/mol. The van der Waals surface area contributed by atoms with Crippen LogP contribution in [0.15, 0.2) is 5.16 Å². The van der Waals surface area contributed by atoms with E-state index in [9.17, 15) is 0 Å². The first-order valence-corrected chi connectivity index (χ1v) is 3.15. The Hall–Kier alpha value is -0.530. The highest BCUT2D eigenvalue weighted by Gasteiger charge is 2.22. The zero-order chi connectivity index (χ0) is 7.78. The van der Waals surface area contributed by atoms with E-state index in [0.29, 0.717) is 6.42 Å². The highest BCUT2D eigenvalue weighted by Crippen LogP contribution is 2.21. The van der Waals surface area contributed by atoms with Gasteiger partial charge in [0.1, 0.15) is 6.58 Å². The maximum Gasteiger partial charge on any atom is 0.122 e. The molecule has 0 bridgehead atoms. The van der Waals surface area contributed by atoms with Gasteiger partial charge in [-0.15, -0.1) is 0 Å². The van der Waals surface area contributed by atoms with Crippen molar-refractivity contribution in [1.82, 2.24) is 0 Å². The quantitative estimate of drug-likeness (QED) is 0.487. The fraction of sp³-hybridized carbons (Fsp3) is 0.857. The fourth-order valence-electron chi connectivity index (χ4n) is 0.697. The summed E-state index contributed by atoms with van der Waals surface area (Å²) in [4.78, 5) is 4.75. The molecule has 1 heterocycles. The highest BCUT2D eigenvalue weighted by molar-refractivity contribution is 5.89. The Kier molecular flexibility index (Phi) is 1.18. The van der Waals surface area contributed by atoms with E-state index in [0.717, 1.165) is 5.71 Å². The molecule has 52 valence electrons. The number of rotatable bonds is 0. The first kappa shape index (κ1) is 5.27. The highest BCUT2D eigenvalue weighted by atomic mass is 16.6. The van der Waals surface area contributed by atoms with Gasteiger partial charge in [-0.3, -0.25) is 0 Å². The van der Waals surface area contributed by atoms with Gasteiger partial charge in [-0.2, -0.15) is 0 Å². The van der Waals surface area contributed by atoms with Crippen molar-refractivity contribution in [3.63, 3.8) is 0 Å².